The molecule has 30 heavy (non-hydrogen) atoms. The van der Waals surface area contributed by atoms with Crippen LogP contribution in [-0.2, 0) is 4.79 Å². The molecule has 3 aromatic carbocycles. The van der Waals surface area contributed by atoms with Crippen molar-refractivity contribution >= 4 is 28.3 Å². The van der Waals surface area contributed by atoms with E-state index in [-0.39, 0.29) is 31.3 Å². The molecule has 3 aromatic rings. The Morgan fingerprint density at radius 3 is 2.50 bits per heavy atom. The van der Waals surface area contributed by atoms with E-state index in [0.29, 0.717) is 28.5 Å². The van der Waals surface area contributed by atoms with Crippen LogP contribution in [0.5, 0.6) is 17.2 Å². The molecule has 0 saturated carbocycles. The average molecular weight is 406 g/mol. The first-order valence-electron chi connectivity index (χ1n) is 9.65. The lowest BCUT2D eigenvalue weighted by molar-refractivity contribution is -0.123. The van der Waals surface area contributed by atoms with Gasteiger partial charge < -0.3 is 24.8 Å². The highest BCUT2D eigenvalue weighted by Crippen LogP contribution is 2.35. The molecular formula is C23H22N2O5. The minimum Gasteiger partial charge on any atom is -0.483 e. The lowest BCUT2D eigenvalue weighted by atomic mass is 10.1. The van der Waals surface area contributed by atoms with Crippen molar-refractivity contribution < 1.29 is 23.8 Å². The smallest absolute Gasteiger partial charge is 0.259 e. The van der Waals surface area contributed by atoms with Gasteiger partial charge in [0.2, 0.25) is 6.79 Å². The van der Waals surface area contributed by atoms with Gasteiger partial charge in [-0.1, -0.05) is 24.3 Å². The van der Waals surface area contributed by atoms with Gasteiger partial charge in [0.15, 0.2) is 18.1 Å². The predicted molar refractivity (Wildman–Crippen MR) is 113 cm³/mol. The van der Waals surface area contributed by atoms with Gasteiger partial charge in [0.1, 0.15) is 5.75 Å². The lowest BCUT2D eigenvalue weighted by Gasteiger charge is -2.14. The number of anilines is 1. The van der Waals surface area contributed by atoms with Crippen LogP contribution in [0.15, 0.2) is 54.6 Å². The van der Waals surface area contributed by atoms with Crippen molar-refractivity contribution in [2.24, 2.45) is 0 Å². The van der Waals surface area contributed by atoms with Gasteiger partial charge in [-0.25, -0.2) is 0 Å². The molecule has 1 aliphatic heterocycles. The molecule has 0 saturated heterocycles. The van der Waals surface area contributed by atoms with E-state index < -0.39 is 0 Å². The van der Waals surface area contributed by atoms with E-state index in [1.54, 1.807) is 30.3 Å². The molecule has 0 radical (unpaired) electrons. The van der Waals surface area contributed by atoms with Crippen molar-refractivity contribution in [3.63, 3.8) is 0 Å². The van der Waals surface area contributed by atoms with Crippen LogP contribution < -0.4 is 24.8 Å². The molecular weight excluding hydrogens is 384 g/mol. The number of ether oxygens (including phenoxy) is 3. The molecule has 0 unspecified atom stereocenters. The van der Waals surface area contributed by atoms with E-state index in [4.69, 9.17) is 14.2 Å². The molecule has 0 bridgehead atoms. The number of hydrogen-bond donors (Lipinski definition) is 2. The van der Waals surface area contributed by atoms with Crippen LogP contribution in [0.2, 0.25) is 0 Å². The standard InChI is InChI=1S/C23H22N2O5/c1-14(2)24-22(26)12-28-20-10-16-6-4-3-5-15(16)9-18(20)23(27)25-17-7-8-19-21(11-17)30-13-29-19/h3-11,14H,12-13H2,1-2H3,(H,24,26)(H,25,27). The van der Waals surface area contributed by atoms with Crippen LogP contribution >= 0.6 is 0 Å². The fourth-order valence-electron chi connectivity index (χ4n) is 3.20. The second-order valence-corrected chi connectivity index (χ2v) is 7.23. The minimum absolute atomic E-state index is 0.00600. The van der Waals surface area contributed by atoms with Crippen LogP contribution in [0.4, 0.5) is 5.69 Å². The number of fused-ring (bicyclic) bond motifs is 2. The Bertz CT molecular complexity index is 1110. The maximum atomic E-state index is 13.0. The molecule has 154 valence electrons. The lowest BCUT2D eigenvalue weighted by Crippen LogP contribution is -2.34. The van der Waals surface area contributed by atoms with E-state index in [2.05, 4.69) is 10.6 Å². The van der Waals surface area contributed by atoms with E-state index in [1.165, 1.54) is 0 Å². The highest BCUT2D eigenvalue weighted by molar-refractivity contribution is 6.09. The zero-order chi connectivity index (χ0) is 21.1. The van der Waals surface area contributed by atoms with Crippen molar-refractivity contribution in [3.05, 3.63) is 60.2 Å². The maximum Gasteiger partial charge on any atom is 0.259 e. The largest absolute Gasteiger partial charge is 0.483 e. The van der Waals surface area contributed by atoms with Crippen molar-refractivity contribution in [1.29, 1.82) is 0 Å². The summed E-state index contributed by atoms with van der Waals surface area (Å²) in [6, 6.07) is 16.4. The fourth-order valence-corrected chi connectivity index (χ4v) is 3.20. The SMILES string of the molecule is CC(C)NC(=O)COc1cc2ccccc2cc1C(=O)Nc1ccc2c(c1)OCO2. The number of rotatable bonds is 6. The number of amides is 2. The summed E-state index contributed by atoms with van der Waals surface area (Å²) in [7, 11) is 0. The number of hydrogen-bond acceptors (Lipinski definition) is 5. The monoisotopic (exact) mass is 406 g/mol. The van der Waals surface area contributed by atoms with Crippen molar-refractivity contribution in [3.8, 4) is 17.2 Å². The van der Waals surface area contributed by atoms with Crippen molar-refractivity contribution in [2.75, 3.05) is 18.7 Å². The Kier molecular flexibility index (Phi) is 5.43. The Morgan fingerprint density at radius 2 is 1.73 bits per heavy atom. The van der Waals surface area contributed by atoms with Crippen LogP contribution in [0.1, 0.15) is 24.2 Å². The third-order valence-electron chi connectivity index (χ3n) is 4.53. The van der Waals surface area contributed by atoms with Gasteiger partial charge >= 0.3 is 0 Å². The van der Waals surface area contributed by atoms with Crippen LogP contribution in [0, 0.1) is 0 Å². The highest BCUT2D eigenvalue weighted by Gasteiger charge is 2.18. The summed E-state index contributed by atoms with van der Waals surface area (Å²) in [6.07, 6.45) is 0. The molecule has 7 nitrogen and oxygen atoms in total. The molecule has 2 N–H and O–H groups in total. The highest BCUT2D eigenvalue weighted by atomic mass is 16.7. The molecule has 7 heteroatoms. The first-order chi connectivity index (χ1) is 14.5. The molecule has 4 rings (SSSR count). The minimum atomic E-state index is -0.348. The van der Waals surface area contributed by atoms with E-state index in [1.807, 2.05) is 38.1 Å². The molecule has 0 atom stereocenters. The molecule has 0 spiro atoms. The number of nitrogens with one attached hydrogen (secondary N) is 2. The van der Waals surface area contributed by atoms with Crippen molar-refractivity contribution in [1.82, 2.24) is 5.32 Å². The third-order valence-corrected chi connectivity index (χ3v) is 4.53. The normalized spacial score (nSPS) is 12.1. The van der Waals surface area contributed by atoms with Crippen LogP contribution in [0.25, 0.3) is 10.8 Å². The predicted octanol–water partition coefficient (Wildman–Crippen LogP) is 3.72. The summed E-state index contributed by atoms with van der Waals surface area (Å²) in [5.74, 6) is 0.956. The van der Waals surface area contributed by atoms with E-state index in [0.717, 1.165) is 10.8 Å². The van der Waals surface area contributed by atoms with Gasteiger partial charge in [-0.05, 0) is 48.9 Å². The fraction of sp³-hybridized carbons (Fsp3) is 0.217. The summed E-state index contributed by atoms with van der Waals surface area (Å²) in [6.45, 7) is 3.73. The maximum absolute atomic E-state index is 13.0. The summed E-state index contributed by atoms with van der Waals surface area (Å²) in [5.41, 5.74) is 0.907. The van der Waals surface area contributed by atoms with Gasteiger partial charge in [0, 0.05) is 17.8 Å². The zero-order valence-corrected chi connectivity index (χ0v) is 16.7. The first-order valence-corrected chi connectivity index (χ1v) is 9.65. The summed E-state index contributed by atoms with van der Waals surface area (Å²) < 4.78 is 16.4. The van der Waals surface area contributed by atoms with E-state index in [9.17, 15) is 9.59 Å². The molecule has 2 amide bonds. The summed E-state index contributed by atoms with van der Waals surface area (Å²) >= 11 is 0. The quantitative estimate of drug-likeness (QED) is 0.652. The molecule has 0 aromatic heterocycles. The second-order valence-electron chi connectivity index (χ2n) is 7.23. The summed E-state index contributed by atoms with van der Waals surface area (Å²) in [5, 5.41) is 7.44. The number of carbonyl (C=O) groups excluding carboxylic acids is 2. The van der Waals surface area contributed by atoms with Gasteiger partial charge in [-0.15, -0.1) is 0 Å². The van der Waals surface area contributed by atoms with Gasteiger partial charge in [0.25, 0.3) is 11.8 Å². The topological polar surface area (TPSA) is 85.9 Å². The average Bonchev–Trinajstić information content (AvgIpc) is 3.19. The van der Waals surface area contributed by atoms with E-state index >= 15 is 0 Å². The third kappa shape index (κ3) is 4.30. The summed E-state index contributed by atoms with van der Waals surface area (Å²) in [4.78, 5) is 25.0. The number of benzene rings is 3. The van der Waals surface area contributed by atoms with Gasteiger partial charge in [0.05, 0.1) is 5.56 Å². The Morgan fingerprint density at radius 1 is 1.00 bits per heavy atom. The Balaban J connectivity index is 1.60. The van der Waals surface area contributed by atoms with Gasteiger partial charge in [-0.2, -0.15) is 0 Å². The van der Waals surface area contributed by atoms with Crippen LogP contribution in [-0.4, -0.2) is 31.3 Å². The van der Waals surface area contributed by atoms with Crippen LogP contribution in [0.3, 0.4) is 0 Å². The first kappa shape index (κ1) is 19.6. The molecule has 1 aliphatic rings. The molecule has 0 aliphatic carbocycles. The van der Waals surface area contributed by atoms with Gasteiger partial charge in [-0.3, -0.25) is 9.59 Å². The number of carbonyl (C=O) groups is 2. The Labute approximate surface area is 173 Å². The molecule has 1 heterocycles. The second kappa shape index (κ2) is 8.32. The van der Waals surface area contributed by atoms with Crippen molar-refractivity contribution in [2.45, 2.75) is 19.9 Å². The Hall–Kier alpha value is -3.74. The molecule has 0 fully saturated rings. The zero-order valence-electron chi connectivity index (χ0n) is 16.7.